The van der Waals surface area contributed by atoms with Gasteiger partial charge in [0.25, 0.3) is 0 Å². The molecule has 1 unspecified atom stereocenters. The maximum atomic E-state index is 15.4. The lowest BCUT2D eigenvalue weighted by Crippen LogP contribution is -2.20. The van der Waals surface area contributed by atoms with E-state index >= 15 is 17.6 Å². The number of thiophene rings is 2. The third-order valence-electron chi connectivity index (χ3n) is 13.4. The average Bonchev–Trinajstić information content (AvgIpc) is 3.88. The Hall–Kier alpha value is -7.32. The molecule has 7 heteroatoms. The molecule has 12 aromatic rings. The minimum absolute atomic E-state index is 0.354. The van der Waals surface area contributed by atoms with Gasteiger partial charge in [-0.15, -0.1) is 22.7 Å². The summed E-state index contributed by atoms with van der Waals surface area (Å²) in [5.74, 6) is -3.19. The summed E-state index contributed by atoms with van der Waals surface area (Å²) in [7, 11) is 0. The zero-order valence-corrected chi connectivity index (χ0v) is 35.2. The molecular weight excluding hydrogens is 839 g/mol. The molecule has 0 amide bonds. The van der Waals surface area contributed by atoms with E-state index in [1.807, 2.05) is 4.90 Å². The molecule has 0 saturated carbocycles. The molecular formula is C57H29F4NS2. The lowest BCUT2D eigenvalue weighted by molar-refractivity contribution is 0.579. The van der Waals surface area contributed by atoms with Gasteiger partial charge in [0.1, 0.15) is 23.3 Å². The van der Waals surface area contributed by atoms with Crippen molar-refractivity contribution >= 4 is 102 Å². The van der Waals surface area contributed by atoms with Crippen LogP contribution in [0.1, 0.15) is 22.6 Å². The van der Waals surface area contributed by atoms with Crippen molar-refractivity contribution in [3.05, 3.63) is 210 Å². The van der Waals surface area contributed by atoms with Gasteiger partial charge in [-0.1, -0.05) is 109 Å². The molecule has 14 rings (SSSR count). The van der Waals surface area contributed by atoms with Gasteiger partial charge >= 0.3 is 0 Å². The highest BCUT2D eigenvalue weighted by molar-refractivity contribution is 7.26. The molecule has 0 spiro atoms. The van der Waals surface area contributed by atoms with Crippen molar-refractivity contribution in [2.45, 2.75) is 5.92 Å². The van der Waals surface area contributed by atoms with Gasteiger partial charge < -0.3 is 4.90 Å². The molecule has 3 heterocycles. The van der Waals surface area contributed by atoms with E-state index in [1.165, 1.54) is 59.9 Å². The first-order valence-corrected chi connectivity index (χ1v) is 22.7. The van der Waals surface area contributed by atoms with Crippen LogP contribution in [0.4, 0.5) is 34.6 Å². The summed E-state index contributed by atoms with van der Waals surface area (Å²) in [5.41, 5.74) is 10.3. The Balaban J connectivity index is 1.15. The number of hydrogen-bond acceptors (Lipinski definition) is 3. The Kier molecular flexibility index (Phi) is 7.41. The minimum Gasteiger partial charge on any atom is -0.309 e. The first-order chi connectivity index (χ1) is 31.4. The van der Waals surface area contributed by atoms with Gasteiger partial charge in [0, 0.05) is 80.5 Å². The second-order valence-corrected chi connectivity index (χ2v) is 18.9. The van der Waals surface area contributed by atoms with Crippen molar-refractivity contribution in [1.29, 1.82) is 0 Å². The molecule has 1 aliphatic heterocycles. The number of anilines is 3. The Labute approximate surface area is 371 Å². The molecule has 0 fully saturated rings. The third-order valence-corrected chi connectivity index (χ3v) is 15.9. The van der Waals surface area contributed by atoms with Crippen molar-refractivity contribution in [2.24, 2.45) is 0 Å². The van der Waals surface area contributed by atoms with E-state index in [1.54, 1.807) is 22.7 Å². The van der Waals surface area contributed by atoms with Crippen LogP contribution in [0.15, 0.2) is 170 Å². The normalized spacial score (nSPS) is 14.1. The molecule has 10 aromatic carbocycles. The van der Waals surface area contributed by atoms with E-state index in [0.717, 1.165) is 94.3 Å². The second-order valence-electron chi connectivity index (χ2n) is 16.8. The third kappa shape index (κ3) is 4.94. The number of fused-ring (bicyclic) bond motifs is 6. The van der Waals surface area contributed by atoms with E-state index in [4.69, 9.17) is 0 Å². The first-order valence-electron chi connectivity index (χ1n) is 21.1. The summed E-state index contributed by atoms with van der Waals surface area (Å²) in [6.07, 6.45) is 0. The predicted octanol–water partition coefficient (Wildman–Crippen LogP) is 17.6. The Morgan fingerprint density at radius 3 is 1.53 bits per heavy atom. The van der Waals surface area contributed by atoms with Crippen molar-refractivity contribution < 1.29 is 17.6 Å². The van der Waals surface area contributed by atoms with Crippen LogP contribution < -0.4 is 4.90 Å². The van der Waals surface area contributed by atoms with Crippen LogP contribution in [0.2, 0.25) is 0 Å². The molecule has 1 aliphatic carbocycles. The largest absolute Gasteiger partial charge is 0.309 e. The van der Waals surface area contributed by atoms with E-state index in [0.29, 0.717) is 11.3 Å². The molecule has 1 atom stereocenters. The predicted molar refractivity (Wildman–Crippen MR) is 259 cm³/mol. The maximum Gasteiger partial charge on any atom is 0.128 e. The van der Waals surface area contributed by atoms with E-state index in [2.05, 4.69) is 133 Å². The zero-order valence-electron chi connectivity index (χ0n) is 33.5. The SMILES string of the molecule is Fc1cc(F)cc(C2c3ccc4c(-c5cccc6c5sc5ccccc56)ccc5c4c3-c3c(ccc4c(-c6cccc7c6sc6ccccc67)ccc2c34)N5c2cc(F)cc(F)c2)c1. The van der Waals surface area contributed by atoms with Crippen LogP contribution in [0.3, 0.4) is 0 Å². The fourth-order valence-electron chi connectivity index (χ4n) is 11.0. The van der Waals surface area contributed by atoms with Crippen LogP contribution in [0, 0.1) is 23.3 Å². The molecule has 64 heavy (non-hydrogen) atoms. The van der Waals surface area contributed by atoms with Crippen molar-refractivity contribution in [2.75, 3.05) is 4.90 Å². The number of halogens is 4. The quantitative estimate of drug-likeness (QED) is 0.159. The minimum atomic E-state index is -0.680. The van der Waals surface area contributed by atoms with Gasteiger partial charge in [-0.2, -0.15) is 0 Å². The van der Waals surface area contributed by atoms with Crippen molar-refractivity contribution in [1.82, 2.24) is 0 Å². The summed E-state index contributed by atoms with van der Waals surface area (Å²) in [5, 5.41) is 8.53. The zero-order chi connectivity index (χ0) is 42.5. The summed E-state index contributed by atoms with van der Waals surface area (Å²) >= 11 is 3.52. The monoisotopic (exact) mass is 867 g/mol. The smallest absolute Gasteiger partial charge is 0.128 e. The van der Waals surface area contributed by atoms with Gasteiger partial charge in [0.15, 0.2) is 0 Å². The summed E-state index contributed by atoms with van der Waals surface area (Å²) in [6, 6.07) is 54.1. The lowest BCUT2D eigenvalue weighted by atomic mass is 9.70. The van der Waals surface area contributed by atoms with Crippen LogP contribution in [-0.2, 0) is 0 Å². The number of nitrogens with zero attached hydrogens (tertiary/aromatic N) is 1. The van der Waals surface area contributed by atoms with Crippen molar-refractivity contribution in [3.63, 3.8) is 0 Å². The first kappa shape index (κ1) is 36.2. The Morgan fingerprint density at radius 2 is 0.891 bits per heavy atom. The summed E-state index contributed by atoms with van der Waals surface area (Å²) in [6.45, 7) is 0. The van der Waals surface area contributed by atoms with Gasteiger partial charge in [-0.25, -0.2) is 17.6 Å². The average molecular weight is 868 g/mol. The van der Waals surface area contributed by atoms with E-state index in [-0.39, 0.29) is 0 Å². The van der Waals surface area contributed by atoms with E-state index < -0.39 is 29.2 Å². The van der Waals surface area contributed by atoms with Crippen LogP contribution in [-0.4, -0.2) is 0 Å². The fourth-order valence-corrected chi connectivity index (χ4v) is 13.5. The highest BCUT2D eigenvalue weighted by Gasteiger charge is 2.38. The summed E-state index contributed by atoms with van der Waals surface area (Å²) < 4.78 is 66.4. The molecule has 1 nitrogen and oxygen atoms in total. The van der Waals surface area contributed by atoms with Gasteiger partial charge in [0.05, 0.1) is 17.1 Å². The van der Waals surface area contributed by atoms with Gasteiger partial charge in [0.2, 0.25) is 0 Å². The fraction of sp³-hybridized carbons (Fsp3) is 0.0175. The second kappa shape index (κ2) is 13.1. The number of rotatable bonds is 4. The standard InChI is InChI=1S/C57H29F4NS2/c58-30-23-29(24-31(59)25-30)51-45-17-15-35(41-9-5-11-43-37-7-1-3-13-49(37)63-56(41)43)39-20-22-48-55(52(39)45)54-46(51)18-16-40-36(42-10-6-12-44-38-8-2-4-14-50(38)64-57(42)44)19-21-47(53(40)54)62(48)34-27-32(60)26-33(61)28-34/h1-28,51H. The lowest BCUT2D eigenvalue weighted by Gasteiger charge is -2.40. The van der Waals surface area contributed by atoms with Crippen LogP contribution in [0.25, 0.3) is 95.3 Å². The molecule has 2 aromatic heterocycles. The summed E-state index contributed by atoms with van der Waals surface area (Å²) in [4.78, 5) is 1.98. The molecule has 0 saturated heterocycles. The number of hydrogen-bond donors (Lipinski definition) is 0. The van der Waals surface area contributed by atoms with Crippen LogP contribution >= 0.6 is 22.7 Å². The molecule has 0 bridgehead atoms. The van der Waals surface area contributed by atoms with Gasteiger partial charge in [-0.05, 0) is 98.1 Å². The van der Waals surface area contributed by atoms with Crippen molar-refractivity contribution in [3.8, 4) is 33.4 Å². The highest BCUT2D eigenvalue weighted by atomic mass is 32.1. The Bertz CT molecular complexity index is 3750. The number of benzene rings is 10. The van der Waals surface area contributed by atoms with Gasteiger partial charge in [-0.3, -0.25) is 0 Å². The molecule has 302 valence electrons. The maximum absolute atomic E-state index is 15.4. The van der Waals surface area contributed by atoms with E-state index in [9.17, 15) is 0 Å². The molecule has 2 aliphatic rings. The topological polar surface area (TPSA) is 3.24 Å². The van der Waals surface area contributed by atoms with Crippen LogP contribution in [0.5, 0.6) is 0 Å². The Morgan fingerprint density at radius 1 is 0.375 bits per heavy atom. The molecule has 0 N–H and O–H groups in total. The highest BCUT2D eigenvalue weighted by Crippen LogP contribution is 2.62. The molecule has 0 radical (unpaired) electrons.